The second-order valence-corrected chi connectivity index (χ2v) is 5.56. The lowest BCUT2D eigenvalue weighted by molar-refractivity contribution is -0.107. The molecule has 24 heavy (non-hydrogen) atoms. The highest BCUT2D eigenvalue weighted by Crippen LogP contribution is 2.22. The third-order valence-corrected chi connectivity index (χ3v) is 3.75. The molecule has 0 aliphatic carbocycles. The average molecular weight is 414 g/mol. The van der Waals surface area contributed by atoms with Crippen LogP contribution in [0.15, 0.2) is 0 Å². The Morgan fingerprint density at radius 2 is 1.21 bits per heavy atom. The van der Waals surface area contributed by atoms with Gasteiger partial charge in [0.2, 0.25) is 11.9 Å². The number of nitrogens with two attached hydrogens (primary N) is 2. The molecule has 0 aromatic carbocycles. The molecule has 2 rings (SSSR count). The molecule has 0 bridgehead atoms. The van der Waals surface area contributed by atoms with Crippen LogP contribution >= 0.6 is 46.4 Å². The van der Waals surface area contributed by atoms with Crippen molar-refractivity contribution in [1.29, 1.82) is 0 Å². The predicted molar refractivity (Wildman–Crippen MR) is 93.5 cm³/mol. The number of nitrogen functional groups attached to an aromatic ring is 2. The molecule has 5 N–H and O–H groups in total. The van der Waals surface area contributed by atoms with E-state index in [1.165, 1.54) is 0 Å². The first-order valence-electron chi connectivity index (χ1n) is 6.29. The number of carbonyl (C=O) groups excluding carboxylic acids is 1. The van der Waals surface area contributed by atoms with Crippen LogP contribution in [0.1, 0.15) is 11.1 Å². The van der Waals surface area contributed by atoms with E-state index in [0.717, 1.165) is 0 Å². The quantitative estimate of drug-likeness (QED) is 0.510. The maximum atomic E-state index is 10.2. The summed E-state index contributed by atoms with van der Waals surface area (Å²) < 4.78 is 0. The Morgan fingerprint density at radius 3 is 1.54 bits per heavy atom. The van der Waals surface area contributed by atoms with Crippen molar-refractivity contribution in [1.82, 2.24) is 19.9 Å². The lowest BCUT2D eigenvalue weighted by Crippen LogP contribution is -2.01. The second kappa shape index (κ2) is 9.75. The standard InChI is InChI=1S/C6H7Cl2N3O.C6H5Cl2N3O/c2*7-4-3(1-2-12)5(8)11-6(9)10-4/h12H,1-2H2,(H2,9,10,11);2H,1H2,(H2,9,10,11). The van der Waals surface area contributed by atoms with E-state index in [2.05, 4.69) is 19.9 Å². The number of aliphatic hydroxyl groups excluding tert-OH is 1. The topological polar surface area (TPSA) is 141 Å². The highest BCUT2D eigenvalue weighted by atomic mass is 35.5. The number of hydrogen-bond acceptors (Lipinski definition) is 8. The lowest BCUT2D eigenvalue weighted by Gasteiger charge is -2.03. The number of aliphatic hydroxyl groups is 1. The minimum Gasteiger partial charge on any atom is -0.396 e. The smallest absolute Gasteiger partial charge is 0.222 e. The minimum atomic E-state index is -0.0489. The summed E-state index contributed by atoms with van der Waals surface area (Å²) in [5, 5.41) is 9.27. The van der Waals surface area contributed by atoms with Crippen LogP contribution in [0.25, 0.3) is 0 Å². The summed E-state index contributed by atoms with van der Waals surface area (Å²) in [5.74, 6) is 0.0336. The molecular formula is C12H12Cl4N6O2. The van der Waals surface area contributed by atoms with Gasteiger partial charge in [-0.3, -0.25) is 0 Å². The van der Waals surface area contributed by atoms with Gasteiger partial charge in [-0.2, -0.15) is 0 Å². The molecule has 0 spiro atoms. The molecule has 0 aliphatic rings. The van der Waals surface area contributed by atoms with E-state index >= 15 is 0 Å². The molecule has 12 heteroatoms. The maximum absolute atomic E-state index is 10.2. The van der Waals surface area contributed by atoms with Gasteiger partial charge in [0.05, 0.1) is 0 Å². The van der Waals surface area contributed by atoms with Gasteiger partial charge in [-0.1, -0.05) is 46.4 Å². The number of aromatic nitrogens is 4. The van der Waals surface area contributed by atoms with Crippen molar-refractivity contribution >= 4 is 64.6 Å². The van der Waals surface area contributed by atoms with Crippen LogP contribution in [-0.2, 0) is 17.6 Å². The molecule has 0 saturated heterocycles. The molecular weight excluding hydrogens is 402 g/mol. The van der Waals surface area contributed by atoms with E-state index < -0.39 is 0 Å². The van der Waals surface area contributed by atoms with Crippen LogP contribution in [-0.4, -0.2) is 37.9 Å². The number of nitrogens with zero attached hydrogens (tertiary/aromatic N) is 4. The fourth-order valence-corrected chi connectivity index (χ4v) is 2.61. The molecule has 0 atom stereocenters. The third-order valence-electron chi connectivity index (χ3n) is 2.50. The van der Waals surface area contributed by atoms with Crippen molar-refractivity contribution in [3.05, 3.63) is 31.7 Å². The van der Waals surface area contributed by atoms with Gasteiger partial charge in [0.25, 0.3) is 0 Å². The first-order chi connectivity index (χ1) is 11.3. The fourth-order valence-electron chi connectivity index (χ4n) is 1.46. The molecule has 130 valence electrons. The van der Waals surface area contributed by atoms with E-state index in [1.54, 1.807) is 0 Å². The monoisotopic (exact) mass is 412 g/mol. The van der Waals surface area contributed by atoms with Gasteiger partial charge >= 0.3 is 0 Å². The van der Waals surface area contributed by atoms with Crippen LogP contribution in [0.4, 0.5) is 11.9 Å². The summed E-state index contributed by atoms with van der Waals surface area (Å²) in [6, 6.07) is 0. The minimum absolute atomic E-state index is 0.000325. The number of carbonyl (C=O) groups is 1. The van der Waals surface area contributed by atoms with E-state index in [9.17, 15) is 4.79 Å². The Balaban J connectivity index is 0.000000240. The van der Waals surface area contributed by atoms with Crippen molar-refractivity contribution in [2.75, 3.05) is 18.1 Å². The van der Waals surface area contributed by atoms with Crippen LogP contribution in [0, 0.1) is 0 Å². The number of anilines is 2. The highest BCUT2D eigenvalue weighted by Gasteiger charge is 2.09. The van der Waals surface area contributed by atoms with E-state index in [4.69, 9.17) is 63.0 Å². The van der Waals surface area contributed by atoms with Crippen molar-refractivity contribution in [2.45, 2.75) is 12.8 Å². The Hall–Kier alpha value is -1.45. The van der Waals surface area contributed by atoms with Gasteiger partial charge in [-0.05, 0) is 0 Å². The molecule has 0 radical (unpaired) electrons. The molecule has 2 aromatic heterocycles. The van der Waals surface area contributed by atoms with Gasteiger partial charge in [-0.15, -0.1) is 0 Å². The first kappa shape index (κ1) is 20.6. The van der Waals surface area contributed by atoms with Crippen molar-refractivity contribution < 1.29 is 9.90 Å². The number of rotatable bonds is 4. The molecule has 0 saturated carbocycles. The maximum Gasteiger partial charge on any atom is 0.222 e. The zero-order chi connectivity index (χ0) is 18.3. The van der Waals surface area contributed by atoms with Crippen molar-refractivity contribution in [2.24, 2.45) is 0 Å². The van der Waals surface area contributed by atoms with E-state index in [-0.39, 0.29) is 45.5 Å². The molecule has 0 unspecified atom stereocenters. The highest BCUT2D eigenvalue weighted by molar-refractivity contribution is 6.35. The van der Waals surface area contributed by atoms with Gasteiger partial charge in [0.15, 0.2) is 0 Å². The van der Waals surface area contributed by atoms with E-state index in [1.807, 2.05) is 0 Å². The van der Waals surface area contributed by atoms with Gasteiger partial charge < -0.3 is 21.4 Å². The first-order valence-corrected chi connectivity index (χ1v) is 7.80. The summed E-state index contributed by atoms with van der Waals surface area (Å²) in [5.41, 5.74) is 11.4. The summed E-state index contributed by atoms with van der Waals surface area (Å²) in [7, 11) is 0. The largest absolute Gasteiger partial charge is 0.396 e. The molecule has 0 fully saturated rings. The van der Waals surface area contributed by atoms with Crippen molar-refractivity contribution in [3.8, 4) is 0 Å². The average Bonchev–Trinajstić information content (AvgIpc) is 2.47. The van der Waals surface area contributed by atoms with Crippen LogP contribution < -0.4 is 11.5 Å². The second-order valence-electron chi connectivity index (χ2n) is 4.13. The molecule has 8 nitrogen and oxygen atoms in total. The lowest BCUT2D eigenvalue weighted by atomic mass is 10.2. The third kappa shape index (κ3) is 5.88. The Morgan fingerprint density at radius 1 is 0.833 bits per heavy atom. The SMILES string of the molecule is Nc1nc(Cl)c(CC=O)c(Cl)n1.Nc1nc(Cl)c(CCO)c(Cl)n1. The number of hydrogen-bond donors (Lipinski definition) is 3. The molecule has 0 amide bonds. The Bertz CT molecular complexity index is 685. The molecule has 0 aliphatic heterocycles. The summed E-state index contributed by atoms with van der Waals surface area (Å²) >= 11 is 22.7. The Labute approximate surface area is 157 Å². The van der Waals surface area contributed by atoms with Gasteiger partial charge in [0, 0.05) is 30.6 Å². The zero-order valence-electron chi connectivity index (χ0n) is 12.0. The summed E-state index contributed by atoms with van der Waals surface area (Å²) in [6.45, 7) is -0.0489. The van der Waals surface area contributed by atoms with Crippen LogP contribution in [0.3, 0.4) is 0 Å². The van der Waals surface area contributed by atoms with Gasteiger partial charge in [-0.25, -0.2) is 19.9 Å². The normalized spacial score (nSPS) is 10.0. The predicted octanol–water partition coefficient (Wildman–Crippen LogP) is 2.01. The fraction of sp³-hybridized carbons (Fsp3) is 0.250. The molecule has 2 aromatic rings. The zero-order valence-corrected chi connectivity index (χ0v) is 15.0. The molecule has 2 heterocycles. The summed E-state index contributed by atoms with van der Waals surface area (Å²) in [4.78, 5) is 24.8. The number of halogens is 4. The van der Waals surface area contributed by atoms with E-state index in [0.29, 0.717) is 23.8 Å². The number of aldehydes is 1. The van der Waals surface area contributed by atoms with Crippen LogP contribution in [0.2, 0.25) is 20.6 Å². The Kier molecular flexibility index (Phi) is 8.37. The summed E-state index contributed by atoms with van der Waals surface area (Å²) in [6.07, 6.45) is 1.10. The van der Waals surface area contributed by atoms with Crippen LogP contribution in [0.5, 0.6) is 0 Å². The van der Waals surface area contributed by atoms with Gasteiger partial charge in [0.1, 0.15) is 26.9 Å². The van der Waals surface area contributed by atoms with Crippen molar-refractivity contribution in [3.63, 3.8) is 0 Å².